The van der Waals surface area contributed by atoms with Crippen molar-refractivity contribution in [2.75, 3.05) is 19.8 Å². The third-order valence-corrected chi connectivity index (χ3v) is 4.12. The molecule has 0 radical (unpaired) electrons. The molecule has 0 aromatic heterocycles. The molecule has 1 aliphatic heterocycles. The standard InChI is InChI=1S/C17H27NO/c1-2-18-17(16-11-13-19-14-12-16)10-6-9-15-7-4-3-5-8-15/h3-5,7-8,16-18H,2,6,9-14H2,1H3. The first-order chi connectivity index (χ1) is 9.40. The van der Waals surface area contributed by atoms with E-state index in [-0.39, 0.29) is 0 Å². The SMILES string of the molecule is CCNC(CCCc1ccccc1)C1CCOCC1. The second-order valence-corrected chi connectivity index (χ2v) is 5.49. The molecule has 0 spiro atoms. The van der Waals surface area contributed by atoms with E-state index in [1.807, 2.05) is 0 Å². The molecule has 2 nitrogen and oxygen atoms in total. The van der Waals surface area contributed by atoms with E-state index in [1.165, 1.54) is 37.7 Å². The highest BCUT2D eigenvalue weighted by molar-refractivity contribution is 5.14. The van der Waals surface area contributed by atoms with Gasteiger partial charge in [0, 0.05) is 19.3 Å². The van der Waals surface area contributed by atoms with Crippen LogP contribution in [0.3, 0.4) is 0 Å². The van der Waals surface area contributed by atoms with Crippen molar-refractivity contribution in [2.45, 2.75) is 45.1 Å². The van der Waals surface area contributed by atoms with Crippen LogP contribution in [0.15, 0.2) is 30.3 Å². The monoisotopic (exact) mass is 261 g/mol. The zero-order valence-electron chi connectivity index (χ0n) is 12.1. The molecule has 1 fully saturated rings. The molecule has 2 heteroatoms. The second-order valence-electron chi connectivity index (χ2n) is 5.49. The van der Waals surface area contributed by atoms with Crippen LogP contribution < -0.4 is 5.32 Å². The van der Waals surface area contributed by atoms with Crippen molar-refractivity contribution in [1.82, 2.24) is 5.32 Å². The van der Waals surface area contributed by atoms with Gasteiger partial charge in [-0.15, -0.1) is 0 Å². The minimum Gasteiger partial charge on any atom is -0.381 e. The van der Waals surface area contributed by atoms with Gasteiger partial charge in [-0.3, -0.25) is 0 Å². The summed E-state index contributed by atoms with van der Waals surface area (Å²) in [6.45, 7) is 5.19. The highest BCUT2D eigenvalue weighted by Gasteiger charge is 2.22. The van der Waals surface area contributed by atoms with Crippen molar-refractivity contribution >= 4 is 0 Å². The summed E-state index contributed by atoms with van der Waals surface area (Å²) in [6, 6.07) is 11.5. The van der Waals surface area contributed by atoms with Gasteiger partial charge in [-0.05, 0) is 50.1 Å². The Morgan fingerprint density at radius 1 is 1.21 bits per heavy atom. The molecule has 0 amide bonds. The number of hydrogen-bond acceptors (Lipinski definition) is 2. The van der Waals surface area contributed by atoms with Crippen LogP contribution in [0.5, 0.6) is 0 Å². The summed E-state index contributed by atoms with van der Waals surface area (Å²) in [5.74, 6) is 0.810. The Morgan fingerprint density at radius 3 is 2.63 bits per heavy atom. The summed E-state index contributed by atoms with van der Waals surface area (Å²) >= 11 is 0. The molecule has 0 saturated carbocycles. The summed E-state index contributed by atoms with van der Waals surface area (Å²) in [5.41, 5.74) is 1.46. The summed E-state index contributed by atoms with van der Waals surface area (Å²) in [7, 11) is 0. The Hall–Kier alpha value is -0.860. The predicted molar refractivity (Wildman–Crippen MR) is 80.4 cm³/mol. The van der Waals surface area contributed by atoms with Gasteiger partial charge in [0.25, 0.3) is 0 Å². The topological polar surface area (TPSA) is 21.3 Å². The van der Waals surface area contributed by atoms with Crippen LogP contribution >= 0.6 is 0 Å². The van der Waals surface area contributed by atoms with Gasteiger partial charge in [0.2, 0.25) is 0 Å². The number of hydrogen-bond donors (Lipinski definition) is 1. The zero-order chi connectivity index (χ0) is 13.3. The van der Waals surface area contributed by atoms with Gasteiger partial charge in [0.15, 0.2) is 0 Å². The smallest absolute Gasteiger partial charge is 0.0469 e. The van der Waals surface area contributed by atoms with Gasteiger partial charge in [-0.2, -0.15) is 0 Å². The fraction of sp³-hybridized carbons (Fsp3) is 0.647. The Bertz CT molecular complexity index is 332. The molecule has 0 bridgehead atoms. The molecule has 1 aliphatic rings. The number of rotatable bonds is 7. The van der Waals surface area contributed by atoms with E-state index in [0.29, 0.717) is 6.04 Å². The van der Waals surface area contributed by atoms with Gasteiger partial charge in [-0.25, -0.2) is 0 Å². The summed E-state index contributed by atoms with van der Waals surface area (Å²) < 4.78 is 5.47. The maximum atomic E-state index is 5.47. The lowest BCUT2D eigenvalue weighted by molar-refractivity contribution is 0.0525. The molecule has 2 rings (SSSR count). The molecule has 1 aromatic carbocycles. The van der Waals surface area contributed by atoms with Crippen molar-refractivity contribution in [3.8, 4) is 0 Å². The lowest BCUT2D eigenvalue weighted by Gasteiger charge is -2.31. The number of ether oxygens (including phenoxy) is 1. The normalized spacial score (nSPS) is 18.4. The van der Waals surface area contributed by atoms with Crippen LogP contribution in [0.25, 0.3) is 0 Å². The number of benzene rings is 1. The van der Waals surface area contributed by atoms with E-state index in [9.17, 15) is 0 Å². The average molecular weight is 261 g/mol. The van der Waals surface area contributed by atoms with E-state index in [0.717, 1.165) is 25.7 Å². The van der Waals surface area contributed by atoms with Gasteiger partial charge in [-0.1, -0.05) is 37.3 Å². The van der Waals surface area contributed by atoms with E-state index in [1.54, 1.807) is 0 Å². The summed E-state index contributed by atoms with van der Waals surface area (Å²) in [6.07, 6.45) is 6.21. The van der Waals surface area contributed by atoms with Crippen LogP contribution in [0.2, 0.25) is 0 Å². The van der Waals surface area contributed by atoms with Crippen molar-refractivity contribution in [2.24, 2.45) is 5.92 Å². The lowest BCUT2D eigenvalue weighted by Crippen LogP contribution is -2.39. The molecule has 1 atom stereocenters. The Morgan fingerprint density at radius 2 is 1.95 bits per heavy atom. The van der Waals surface area contributed by atoms with Crippen LogP contribution in [0, 0.1) is 5.92 Å². The molecular formula is C17H27NO. The molecule has 1 unspecified atom stereocenters. The second kappa shape index (κ2) is 8.34. The van der Waals surface area contributed by atoms with E-state index >= 15 is 0 Å². The molecule has 106 valence electrons. The molecule has 0 aliphatic carbocycles. The van der Waals surface area contributed by atoms with Crippen LogP contribution in [0.1, 0.15) is 38.2 Å². The molecule has 1 N–H and O–H groups in total. The first-order valence-electron chi connectivity index (χ1n) is 7.75. The minimum atomic E-state index is 0.678. The van der Waals surface area contributed by atoms with Crippen LogP contribution in [-0.4, -0.2) is 25.8 Å². The maximum Gasteiger partial charge on any atom is 0.0469 e. The highest BCUT2D eigenvalue weighted by atomic mass is 16.5. The van der Waals surface area contributed by atoms with E-state index in [2.05, 4.69) is 42.6 Å². The first kappa shape index (κ1) is 14.5. The fourth-order valence-electron chi connectivity index (χ4n) is 3.06. The van der Waals surface area contributed by atoms with Gasteiger partial charge in [0.1, 0.15) is 0 Å². The molecule has 1 saturated heterocycles. The van der Waals surface area contributed by atoms with Gasteiger partial charge >= 0.3 is 0 Å². The van der Waals surface area contributed by atoms with Gasteiger partial charge < -0.3 is 10.1 Å². The maximum absolute atomic E-state index is 5.47. The average Bonchev–Trinajstić information content (AvgIpc) is 2.48. The largest absolute Gasteiger partial charge is 0.381 e. The Balaban J connectivity index is 1.76. The Labute approximate surface area is 117 Å². The highest BCUT2D eigenvalue weighted by Crippen LogP contribution is 2.22. The van der Waals surface area contributed by atoms with E-state index in [4.69, 9.17) is 4.74 Å². The first-order valence-corrected chi connectivity index (χ1v) is 7.75. The Kier molecular flexibility index (Phi) is 6.38. The number of aryl methyl sites for hydroxylation is 1. The quantitative estimate of drug-likeness (QED) is 0.812. The zero-order valence-corrected chi connectivity index (χ0v) is 12.1. The lowest BCUT2D eigenvalue weighted by atomic mass is 9.88. The molecule has 19 heavy (non-hydrogen) atoms. The van der Waals surface area contributed by atoms with Crippen molar-refractivity contribution < 1.29 is 4.74 Å². The summed E-state index contributed by atoms with van der Waals surface area (Å²) in [4.78, 5) is 0. The van der Waals surface area contributed by atoms with Crippen LogP contribution in [-0.2, 0) is 11.2 Å². The van der Waals surface area contributed by atoms with Crippen molar-refractivity contribution in [1.29, 1.82) is 0 Å². The number of nitrogens with one attached hydrogen (secondary N) is 1. The van der Waals surface area contributed by atoms with Gasteiger partial charge in [0.05, 0.1) is 0 Å². The van der Waals surface area contributed by atoms with E-state index < -0.39 is 0 Å². The van der Waals surface area contributed by atoms with Crippen molar-refractivity contribution in [3.05, 3.63) is 35.9 Å². The van der Waals surface area contributed by atoms with Crippen LogP contribution in [0.4, 0.5) is 0 Å². The summed E-state index contributed by atoms with van der Waals surface area (Å²) in [5, 5.41) is 3.68. The molecule has 1 aromatic rings. The molecular weight excluding hydrogens is 234 g/mol. The van der Waals surface area contributed by atoms with Crippen molar-refractivity contribution in [3.63, 3.8) is 0 Å². The third kappa shape index (κ3) is 4.96. The fourth-order valence-corrected chi connectivity index (χ4v) is 3.06. The molecule has 1 heterocycles. The minimum absolute atomic E-state index is 0.678. The third-order valence-electron chi connectivity index (χ3n) is 4.12. The predicted octanol–water partition coefficient (Wildman–Crippen LogP) is 3.41.